The lowest BCUT2D eigenvalue weighted by atomic mass is 9.48. The van der Waals surface area contributed by atoms with E-state index < -0.39 is 5.97 Å². The highest BCUT2D eigenvalue weighted by atomic mass is 16.5. The molecule has 0 amide bonds. The van der Waals surface area contributed by atoms with Gasteiger partial charge in [-0.25, -0.2) is 4.79 Å². The number of ketones is 1. The molecule has 6 rings (SSSR count). The van der Waals surface area contributed by atoms with Crippen molar-refractivity contribution in [2.75, 3.05) is 6.61 Å². The van der Waals surface area contributed by atoms with Gasteiger partial charge in [0.05, 0.1) is 16.8 Å². The lowest BCUT2D eigenvalue weighted by molar-refractivity contribution is -0.147. The summed E-state index contributed by atoms with van der Waals surface area (Å²) in [6.45, 7) is 3.89. The van der Waals surface area contributed by atoms with Crippen molar-refractivity contribution >= 4 is 11.8 Å². The molecule has 6 nitrogen and oxygen atoms in total. The molecule has 0 atom stereocenters. The van der Waals surface area contributed by atoms with Gasteiger partial charge in [0, 0.05) is 5.41 Å². The van der Waals surface area contributed by atoms with Crippen molar-refractivity contribution in [2.45, 2.75) is 59.0 Å². The highest BCUT2D eigenvalue weighted by Crippen LogP contribution is 2.60. The number of hydrogen-bond acceptors (Lipinski definition) is 6. The summed E-state index contributed by atoms with van der Waals surface area (Å²) >= 11 is 0. The maximum atomic E-state index is 13.1. The molecule has 1 heterocycles. The van der Waals surface area contributed by atoms with Gasteiger partial charge < -0.3 is 14.0 Å². The van der Waals surface area contributed by atoms with Gasteiger partial charge in [-0.3, -0.25) is 4.79 Å². The molecule has 4 bridgehead atoms. The van der Waals surface area contributed by atoms with Crippen LogP contribution in [0.25, 0.3) is 0 Å². The largest absolute Gasteiger partial charge is 0.489 e. The Labute approximate surface area is 182 Å². The summed E-state index contributed by atoms with van der Waals surface area (Å²) < 4.78 is 16.4. The van der Waals surface area contributed by atoms with E-state index in [0.29, 0.717) is 35.7 Å². The third-order valence-electron chi connectivity index (χ3n) is 7.60. The highest BCUT2D eigenvalue weighted by Gasteiger charge is 2.54. The van der Waals surface area contributed by atoms with Crippen LogP contribution in [0.3, 0.4) is 0 Å². The van der Waals surface area contributed by atoms with Gasteiger partial charge in [-0.15, -0.1) is 0 Å². The number of rotatable bonds is 7. The fourth-order valence-corrected chi connectivity index (χ4v) is 6.40. The fraction of sp³-hybridized carbons (Fsp3) is 0.560. The second-order valence-electron chi connectivity index (χ2n) is 9.82. The molecule has 1 aromatic heterocycles. The Kier molecular flexibility index (Phi) is 5.11. The normalized spacial score (nSPS) is 28.5. The van der Waals surface area contributed by atoms with Crippen molar-refractivity contribution in [3.05, 3.63) is 46.8 Å². The molecular formula is C25H29NO5. The van der Waals surface area contributed by atoms with Crippen molar-refractivity contribution in [2.24, 2.45) is 23.2 Å². The summed E-state index contributed by atoms with van der Waals surface area (Å²) in [4.78, 5) is 25.7. The monoisotopic (exact) mass is 423 g/mol. The molecule has 0 N–H and O–H groups in total. The van der Waals surface area contributed by atoms with Crippen LogP contribution in [0, 0.1) is 37.0 Å². The molecule has 2 aromatic rings. The summed E-state index contributed by atoms with van der Waals surface area (Å²) in [5, 5.41) is 3.92. The first-order valence-electron chi connectivity index (χ1n) is 11.3. The number of esters is 1. The third kappa shape index (κ3) is 3.88. The van der Waals surface area contributed by atoms with Gasteiger partial charge in [-0.05, 0) is 88.3 Å². The van der Waals surface area contributed by atoms with Gasteiger partial charge in [-0.1, -0.05) is 11.2 Å². The van der Waals surface area contributed by atoms with Crippen molar-refractivity contribution in [1.29, 1.82) is 0 Å². The molecule has 4 fully saturated rings. The van der Waals surface area contributed by atoms with Crippen LogP contribution >= 0.6 is 0 Å². The molecule has 1 aromatic carbocycles. The van der Waals surface area contributed by atoms with Crippen LogP contribution in [0.15, 0.2) is 28.8 Å². The predicted octanol–water partition coefficient (Wildman–Crippen LogP) is 4.81. The minimum atomic E-state index is -0.485. The summed E-state index contributed by atoms with van der Waals surface area (Å²) in [5.41, 5.74) is 1.83. The first kappa shape index (κ1) is 20.3. The number of carbonyl (C=O) groups is 2. The molecule has 0 unspecified atom stereocenters. The second-order valence-corrected chi connectivity index (χ2v) is 9.82. The molecule has 0 saturated heterocycles. The van der Waals surface area contributed by atoms with Gasteiger partial charge >= 0.3 is 5.97 Å². The van der Waals surface area contributed by atoms with Gasteiger partial charge in [-0.2, -0.15) is 0 Å². The Morgan fingerprint density at radius 3 is 2.39 bits per heavy atom. The first-order valence-corrected chi connectivity index (χ1v) is 11.3. The van der Waals surface area contributed by atoms with E-state index in [9.17, 15) is 9.59 Å². The minimum absolute atomic E-state index is 0.116. The van der Waals surface area contributed by atoms with E-state index in [4.69, 9.17) is 14.0 Å². The number of nitrogens with zero attached hydrogens (tertiary/aromatic N) is 1. The summed E-state index contributed by atoms with van der Waals surface area (Å²) in [6.07, 6.45) is 6.81. The van der Waals surface area contributed by atoms with Crippen LogP contribution in [0.4, 0.5) is 0 Å². The molecule has 6 heteroatoms. The number of carbonyl (C=O) groups excluding carboxylic acids is 2. The van der Waals surface area contributed by atoms with Gasteiger partial charge in [0.2, 0.25) is 0 Å². The number of aromatic nitrogens is 1. The SMILES string of the molecule is Cc1noc(C)c1COc1cccc(C(=O)OCC(=O)C23CC4CC(CC(C4)C2)C3)c1. The number of aryl methyl sites for hydroxylation is 2. The average Bonchev–Trinajstić information content (AvgIpc) is 3.06. The van der Waals surface area contributed by atoms with E-state index >= 15 is 0 Å². The van der Waals surface area contributed by atoms with E-state index in [-0.39, 0.29) is 17.8 Å². The van der Waals surface area contributed by atoms with Crippen molar-refractivity contribution in [1.82, 2.24) is 5.16 Å². The Balaban J connectivity index is 1.19. The highest BCUT2D eigenvalue weighted by molar-refractivity contribution is 5.93. The molecule has 164 valence electrons. The molecule has 0 radical (unpaired) electrons. The maximum Gasteiger partial charge on any atom is 0.338 e. The zero-order valence-electron chi connectivity index (χ0n) is 18.2. The van der Waals surface area contributed by atoms with Crippen molar-refractivity contribution in [3.63, 3.8) is 0 Å². The zero-order valence-corrected chi connectivity index (χ0v) is 18.2. The molecule has 4 saturated carbocycles. The molecule has 0 spiro atoms. The smallest absolute Gasteiger partial charge is 0.338 e. The van der Waals surface area contributed by atoms with Gasteiger partial charge in [0.15, 0.2) is 12.4 Å². The maximum absolute atomic E-state index is 13.1. The Morgan fingerprint density at radius 2 is 1.77 bits per heavy atom. The summed E-state index contributed by atoms with van der Waals surface area (Å²) in [7, 11) is 0. The molecule has 4 aliphatic carbocycles. The van der Waals surface area contributed by atoms with Crippen molar-refractivity contribution < 1.29 is 23.6 Å². The Bertz CT molecular complexity index is 952. The summed E-state index contributed by atoms with van der Waals surface area (Å²) in [5.74, 6) is 2.98. The van der Waals surface area contributed by atoms with Crippen LogP contribution in [0.1, 0.15) is 65.9 Å². The molecular weight excluding hydrogens is 394 g/mol. The Hall–Kier alpha value is -2.63. The van der Waals surface area contributed by atoms with Crippen molar-refractivity contribution in [3.8, 4) is 5.75 Å². The third-order valence-corrected chi connectivity index (χ3v) is 7.60. The van der Waals surface area contributed by atoms with E-state index in [0.717, 1.165) is 36.3 Å². The zero-order chi connectivity index (χ0) is 21.6. The summed E-state index contributed by atoms with van der Waals surface area (Å²) in [6, 6.07) is 6.87. The quantitative estimate of drug-likeness (QED) is 0.595. The predicted molar refractivity (Wildman–Crippen MR) is 113 cm³/mol. The van der Waals surface area contributed by atoms with E-state index in [1.807, 2.05) is 13.8 Å². The molecule has 31 heavy (non-hydrogen) atoms. The lowest BCUT2D eigenvalue weighted by Gasteiger charge is -2.55. The van der Waals surface area contributed by atoms with Gasteiger partial charge in [0.1, 0.15) is 18.1 Å². The average molecular weight is 424 g/mol. The van der Waals surface area contributed by atoms with Crippen LogP contribution in [0.2, 0.25) is 0 Å². The Morgan fingerprint density at radius 1 is 1.10 bits per heavy atom. The number of ether oxygens (including phenoxy) is 2. The van der Waals surface area contributed by atoms with Crippen LogP contribution < -0.4 is 4.74 Å². The minimum Gasteiger partial charge on any atom is -0.489 e. The van der Waals surface area contributed by atoms with E-state index in [1.165, 1.54) is 19.3 Å². The van der Waals surface area contributed by atoms with E-state index in [1.54, 1.807) is 24.3 Å². The fourth-order valence-electron chi connectivity index (χ4n) is 6.40. The van der Waals surface area contributed by atoms with E-state index in [2.05, 4.69) is 5.16 Å². The van der Waals surface area contributed by atoms with Gasteiger partial charge in [0.25, 0.3) is 0 Å². The van der Waals surface area contributed by atoms with Crippen LogP contribution in [-0.4, -0.2) is 23.5 Å². The standard InChI is InChI=1S/C25H29NO5/c1-15-22(16(2)31-26-15)13-29-21-5-3-4-20(9-21)24(28)30-14-23(27)25-10-17-6-18(11-25)8-19(7-17)12-25/h3-5,9,17-19H,6-8,10-14H2,1-2H3. The molecule has 4 aliphatic rings. The van der Waals surface area contributed by atoms with Crippen LogP contribution in [0.5, 0.6) is 5.75 Å². The topological polar surface area (TPSA) is 78.6 Å². The number of Topliss-reactive ketones (excluding diaryl/α,β-unsaturated/α-hetero) is 1. The second kappa shape index (κ2) is 7.81. The van der Waals surface area contributed by atoms with Crippen LogP contribution in [-0.2, 0) is 16.1 Å². The molecule has 0 aliphatic heterocycles. The number of hydrogen-bond donors (Lipinski definition) is 0. The number of benzene rings is 1. The first-order chi connectivity index (χ1) is 14.9. The lowest BCUT2D eigenvalue weighted by Crippen LogP contribution is -2.51.